The van der Waals surface area contributed by atoms with E-state index in [0.717, 1.165) is 33.6 Å². The summed E-state index contributed by atoms with van der Waals surface area (Å²) < 4.78 is 23.3. The first kappa shape index (κ1) is 21.8. The Bertz CT molecular complexity index is 1080. The van der Waals surface area contributed by atoms with Gasteiger partial charge in [-0.05, 0) is 49.1 Å². The summed E-state index contributed by atoms with van der Waals surface area (Å²) in [6, 6.07) is 11.7. The fourth-order valence-corrected chi connectivity index (χ4v) is 5.04. The summed E-state index contributed by atoms with van der Waals surface area (Å²) in [5.74, 6) is -0.139. The number of methoxy groups -OCH3 is 1. The van der Waals surface area contributed by atoms with Gasteiger partial charge in [0.05, 0.1) is 11.6 Å². The van der Waals surface area contributed by atoms with Crippen molar-refractivity contribution in [2.45, 2.75) is 37.1 Å². The van der Waals surface area contributed by atoms with Crippen molar-refractivity contribution < 1.29 is 13.9 Å². The van der Waals surface area contributed by atoms with Gasteiger partial charge >= 0.3 is 0 Å². The highest BCUT2D eigenvalue weighted by Gasteiger charge is 2.30. The summed E-state index contributed by atoms with van der Waals surface area (Å²) in [6.07, 6.45) is 1.08. The second-order valence-electron chi connectivity index (χ2n) is 7.77. The standard InChI is InChI=1S/C23H27FN4O2S/c1-15-22(31-28-11-9-21(30-3)18(24)14-28)12-20(27(15)2)23(29)26-13-16-6-4-8-19-17(16)7-5-10-25-19/h4-8,10,12,18,21H,9,11,13-14H2,1-3H3,(H,26,29). The van der Waals surface area contributed by atoms with Crippen LogP contribution < -0.4 is 5.32 Å². The van der Waals surface area contributed by atoms with E-state index in [9.17, 15) is 9.18 Å². The van der Waals surface area contributed by atoms with Crippen LogP contribution in [-0.4, -0.2) is 52.2 Å². The highest BCUT2D eigenvalue weighted by atomic mass is 32.2. The Hall–Kier alpha value is -2.42. The average Bonchev–Trinajstić information content (AvgIpc) is 3.06. The number of amides is 1. The number of carbonyl (C=O) groups is 1. The Morgan fingerprint density at radius 2 is 2.19 bits per heavy atom. The average molecular weight is 443 g/mol. The molecule has 1 aliphatic rings. The van der Waals surface area contributed by atoms with Crippen molar-refractivity contribution in [3.8, 4) is 0 Å². The Morgan fingerprint density at radius 1 is 1.35 bits per heavy atom. The molecule has 6 nitrogen and oxygen atoms in total. The minimum Gasteiger partial charge on any atom is -0.378 e. The lowest BCUT2D eigenvalue weighted by Crippen LogP contribution is -2.42. The van der Waals surface area contributed by atoms with Crippen molar-refractivity contribution in [1.82, 2.24) is 19.2 Å². The number of ether oxygens (including phenoxy) is 1. The SMILES string of the molecule is COC1CCN(Sc2cc(C(=O)NCc3cccc4ncccc34)n(C)c2C)CC1F. The predicted molar refractivity (Wildman–Crippen MR) is 121 cm³/mol. The lowest BCUT2D eigenvalue weighted by molar-refractivity contribution is -0.00226. The Balaban J connectivity index is 1.44. The smallest absolute Gasteiger partial charge is 0.268 e. The first-order valence-corrected chi connectivity index (χ1v) is 11.1. The molecule has 1 amide bonds. The van der Waals surface area contributed by atoms with Gasteiger partial charge in [-0.15, -0.1) is 0 Å². The Morgan fingerprint density at radius 3 is 2.97 bits per heavy atom. The second-order valence-corrected chi connectivity index (χ2v) is 8.91. The molecule has 0 spiro atoms. The zero-order valence-electron chi connectivity index (χ0n) is 18.0. The largest absolute Gasteiger partial charge is 0.378 e. The molecule has 0 aliphatic carbocycles. The maximum Gasteiger partial charge on any atom is 0.268 e. The van der Waals surface area contributed by atoms with Gasteiger partial charge in [0.15, 0.2) is 0 Å². The van der Waals surface area contributed by atoms with E-state index in [-0.39, 0.29) is 12.0 Å². The summed E-state index contributed by atoms with van der Waals surface area (Å²) in [5.41, 5.74) is 3.50. The van der Waals surface area contributed by atoms with Gasteiger partial charge in [-0.3, -0.25) is 9.78 Å². The number of alkyl halides is 1. The van der Waals surface area contributed by atoms with Gasteiger partial charge in [0.2, 0.25) is 0 Å². The van der Waals surface area contributed by atoms with Crippen LogP contribution >= 0.6 is 11.9 Å². The Kier molecular flexibility index (Phi) is 6.60. The first-order valence-electron chi connectivity index (χ1n) is 10.3. The van der Waals surface area contributed by atoms with E-state index in [1.165, 1.54) is 11.9 Å². The highest BCUT2D eigenvalue weighted by molar-refractivity contribution is 7.97. The lowest BCUT2D eigenvalue weighted by Gasteiger charge is -2.32. The third-order valence-corrected chi connectivity index (χ3v) is 7.07. The molecule has 3 heterocycles. The zero-order valence-corrected chi connectivity index (χ0v) is 18.8. The van der Waals surface area contributed by atoms with Gasteiger partial charge < -0.3 is 14.6 Å². The molecule has 3 aromatic rings. The number of aromatic nitrogens is 2. The number of halogens is 1. The van der Waals surface area contributed by atoms with Gasteiger partial charge in [0.25, 0.3) is 5.91 Å². The van der Waals surface area contributed by atoms with Crippen molar-refractivity contribution in [1.29, 1.82) is 0 Å². The molecular weight excluding hydrogens is 415 g/mol. The maximum absolute atomic E-state index is 14.2. The molecule has 31 heavy (non-hydrogen) atoms. The van der Waals surface area contributed by atoms with E-state index in [1.54, 1.807) is 13.3 Å². The summed E-state index contributed by atoms with van der Waals surface area (Å²) in [5, 5.41) is 4.06. The van der Waals surface area contributed by atoms with Crippen LogP contribution in [-0.2, 0) is 18.3 Å². The number of benzene rings is 1. The fourth-order valence-electron chi connectivity index (χ4n) is 3.91. The van der Waals surface area contributed by atoms with E-state index >= 15 is 0 Å². The molecule has 2 atom stereocenters. The van der Waals surface area contributed by atoms with E-state index in [1.807, 2.05) is 59.2 Å². The van der Waals surface area contributed by atoms with Gasteiger partial charge in [-0.2, -0.15) is 0 Å². The topological polar surface area (TPSA) is 59.4 Å². The molecule has 1 aliphatic heterocycles. The molecule has 2 aromatic heterocycles. The molecule has 1 N–H and O–H groups in total. The summed E-state index contributed by atoms with van der Waals surface area (Å²) in [6.45, 7) is 3.45. The van der Waals surface area contributed by atoms with Gasteiger partial charge in [-0.25, -0.2) is 8.70 Å². The van der Waals surface area contributed by atoms with Crippen LogP contribution in [0.1, 0.15) is 28.2 Å². The molecule has 0 radical (unpaired) electrons. The number of carbonyl (C=O) groups excluding carboxylic acids is 1. The molecule has 2 unspecified atom stereocenters. The molecule has 0 bridgehead atoms. The van der Waals surface area contributed by atoms with Crippen LogP contribution in [0.15, 0.2) is 47.5 Å². The van der Waals surface area contributed by atoms with Crippen LogP contribution in [0.3, 0.4) is 0 Å². The normalized spacial score (nSPS) is 19.6. The maximum atomic E-state index is 14.2. The van der Waals surface area contributed by atoms with Crippen molar-refractivity contribution in [3.63, 3.8) is 0 Å². The molecular formula is C23H27FN4O2S. The molecule has 8 heteroatoms. The molecule has 164 valence electrons. The third-order valence-electron chi connectivity index (χ3n) is 5.87. The van der Waals surface area contributed by atoms with E-state index in [4.69, 9.17) is 4.74 Å². The monoisotopic (exact) mass is 442 g/mol. The molecule has 1 fully saturated rings. The molecule has 4 rings (SSSR count). The van der Waals surface area contributed by atoms with Gasteiger partial charge in [0.1, 0.15) is 11.9 Å². The number of fused-ring (bicyclic) bond motifs is 1. The predicted octanol–water partition coefficient (Wildman–Crippen LogP) is 3.88. The van der Waals surface area contributed by atoms with E-state index < -0.39 is 6.17 Å². The zero-order chi connectivity index (χ0) is 22.0. The molecule has 1 aromatic carbocycles. The highest BCUT2D eigenvalue weighted by Crippen LogP contribution is 2.32. The summed E-state index contributed by atoms with van der Waals surface area (Å²) in [4.78, 5) is 18.3. The number of pyridine rings is 1. The van der Waals surface area contributed by atoms with Crippen molar-refractivity contribution in [2.24, 2.45) is 7.05 Å². The van der Waals surface area contributed by atoms with Crippen molar-refractivity contribution >= 4 is 28.8 Å². The summed E-state index contributed by atoms with van der Waals surface area (Å²) in [7, 11) is 3.44. The number of hydrogen-bond donors (Lipinski definition) is 1. The van der Waals surface area contributed by atoms with E-state index in [0.29, 0.717) is 25.2 Å². The number of nitrogens with zero attached hydrogens (tertiary/aromatic N) is 3. The summed E-state index contributed by atoms with van der Waals surface area (Å²) >= 11 is 1.50. The van der Waals surface area contributed by atoms with Gasteiger partial charge in [-0.1, -0.05) is 18.2 Å². The number of rotatable bonds is 6. The van der Waals surface area contributed by atoms with E-state index in [2.05, 4.69) is 10.3 Å². The minimum absolute atomic E-state index is 0.139. The Labute approximate surface area is 185 Å². The quantitative estimate of drug-likeness (QED) is 0.587. The lowest BCUT2D eigenvalue weighted by atomic mass is 10.1. The number of hydrogen-bond acceptors (Lipinski definition) is 5. The van der Waals surface area contributed by atoms with Crippen LogP contribution in [0.2, 0.25) is 0 Å². The molecule has 1 saturated heterocycles. The number of nitrogens with one attached hydrogen (secondary N) is 1. The number of piperidine rings is 1. The van der Waals surface area contributed by atoms with Crippen LogP contribution in [0.4, 0.5) is 4.39 Å². The van der Waals surface area contributed by atoms with Crippen LogP contribution in [0.5, 0.6) is 0 Å². The van der Waals surface area contributed by atoms with Gasteiger partial charge in [0, 0.05) is 56.0 Å². The minimum atomic E-state index is -1.01. The van der Waals surface area contributed by atoms with Crippen LogP contribution in [0.25, 0.3) is 10.9 Å². The third kappa shape index (κ3) is 4.61. The first-order chi connectivity index (χ1) is 15.0. The molecule has 0 saturated carbocycles. The van der Waals surface area contributed by atoms with Crippen molar-refractivity contribution in [2.75, 3.05) is 20.2 Å². The van der Waals surface area contributed by atoms with Crippen molar-refractivity contribution in [3.05, 3.63) is 59.5 Å². The second kappa shape index (κ2) is 9.38. The van der Waals surface area contributed by atoms with Crippen LogP contribution in [0, 0.1) is 6.92 Å². The fraction of sp³-hybridized carbons (Fsp3) is 0.391.